The second kappa shape index (κ2) is 8.52. The number of nitrogens with zero attached hydrogens (tertiary/aromatic N) is 3. The van der Waals surface area contributed by atoms with Gasteiger partial charge in [-0.15, -0.1) is 0 Å². The molecule has 3 fully saturated rings. The fourth-order valence-corrected chi connectivity index (χ4v) is 4.60. The van der Waals surface area contributed by atoms with E-state index in [1.807, 2.05) is 0 Å². The maximum atomic E-state index is 5.57. The van der Waals surface area contributed by atoms with E-state index in [0.717, 1.165) is 57.9 Å². The van der Waals surface area contributed by atoms with E-state index in [1.54, 1.807) is 0 Å². The van der Waals surface area contributed by atoms with Gasteiger partial charge in [0.25, 0.3) is 0 Å². The van der Waals surface area contributed by atoms with E-state index in [4.69, 9.17) is 9.73 Å². The predicted molar refractivity (Wildman–Crippen MR) is 99.5 cm³/mol. The molecule has 0 aromatic heterocycles. The molecule has 0 aromatic rings. The Morgan fingerprint density at radius 3 is 2.71 bits per heavy atom. The number of ether oxygens (including phenoxy) is 1. The number of likely N-dealkylation sites (N-methyl/N-ethyl adjacent to an activating group) is 1. The van der Waals surface area contributed by atoms with Crippen LogP contribution in [0.4, 0.5) is 0 Å². The van der Waals surface area contributed by atoms with Crippen LogP contribution in [0.15, 0.2) is 4.99 Å². The third-order valence-electron chi connectivity index (χ3n) is 6.29. The molecule has 1 spiro atoms. The van der Waals surface area contributed by atoms with Gasteiger partial charge in [-0.25, -0.2) is 0 Å². The second-order valence-electron chi connectivity index (χ2n) is 7.94. The van der Waals surface area contributed by atoms with E-state index in [-0.39, 0.29) is 0 Å². The van der Waals surface area contributed by atoms with Crippen molar-refractivity contribution in [2.75, 3.05) is 53.0 Å². The SMILES string of the molecule is CCNC(=NCCN(C)C1CCCC1)N1CCC2(CCOCC2)C1. The molecule has 1 N–H and O–H groups in total. The number of guanidine groups is 1. The minimum absolute atomic E-state index is 0.481. The van der Waals surface area contributed by atoms with Crippen LogP contribution >= 0.6 is 0 Å². The minimum atomic E-state index is 0.481. The average Bonchev–Trinajstić information content (AvgIpc) is 3.25. The van der Waals surface area contributed by atoms with Crippen LogP contribution in [0, 0.1) is 5.41 Å². The molecule has 1 saturated carbocycles. The number of likely N-dealkylation sites (tertiary alicyclic amines) is 1. The van der Waals surface area contributed by atoms with E-state index in [2.05, 4.69) is 29.1 Å². The normalized spacial score (nSPS) is 25.1. The lowest BCUT2D eigenvalue weighted by atomic mass is 9.80. The topological polar surface area (TPSA) is 40.1 Å². The number of hydrogen-bond acceptors (Lipinski definition) is 3. The molecular formula is C19H36N4O. The Bertz CT molecular complexity index is 414. The predicted octanol–water partition coefficient (Wildman–Crippen LogP) is 2.33. The van der Waals surface area contributed by atoms with Crippen molar-refractivity contribution in [1.82, 2.24) is 15.1 Å². The Kier molecular flexibility index (Phi) is 6.39. The largest absolute Gasteiger partial charge is 0.381 e. The first-order valence-electron chi connectivity index (χ1n) is 10.0. The van der Waals surface area contributed by atoms with E-state index in [0.29, 0.717) is 5.41 Å². The lowest BCUT2D eigenvalue weighted by Crippen LogP contribution is -2.42. The summed E-state index contributed by atoms with van der Waals surface area (Å²) in [5.74, 6) is 1.13. The molecule has 138 valence electrons. The van der Waals surface area contributed by atoms with Gasteiger partial charge in [0.1, 0.15) is 0 Å². The Morgan fingerprint density at radius 1 is 1.25 bits per heavy atom. The van der Waals surface area contributed by atoms with Gasteiger partial charge in [0.2, 0.25) is 0 Å². The van der Waals surface area contributed by atoms with E-state index in [1.165, 1.54) is 44.9 Å². The smallest absolute Gasteiger partial charge is 0.193 e. The molecule has 0 atom stereocenters. The summed E-state index contributed by atoms with van der Waals surface area (Å²) in [6.45, 7) is 9.27. The molecule has 3 aliphatic rings. The van der Waals surface area contributed by atoms with Crippen LogP contribution in [0.1, 0.15) is 51.9 Å². The maximum Gasteiger partial charge on any atom is 0.193 e. The van der Waals surface area contributed by atoms with Gasteiger partial charge in [-0.05, 0) is 51.5 Å². The van der Waals surface area contributed by atoms with Gasteiger partial charge in [-0.3, -0.25) is 4.99 Å². The van der Waals surface area contributed by atoms with Crippen LogP contribution in [-0.2, 0) is 4.74 Å². The minimum Gasteiger partial charge on any atom is -0.381 e. The Morgan fingerprint density at radius 2 is 2.00 bits per heavy atom. The number of hydrogen-bond donors (Lipinski definition) is 1. The zero-order chi connectivity index (χ0) is 16.8. The zero-order valence-electron chi connectivity index (χ0n) is 15.7. The molecule has 5 heteroatoms. The highest BCUT2D eigenvalue weighted by atomic mass is 16.5. The third-order valence-corrected chi connectivity index (χ3v) is 6.29. The number of aliphatic imine (C=N–C) groups is 1. The highest BCUT2D eigenvalue weighted by Gasteiger charge is 2.40. The molecular weight excluding hydrogens is 300 g/mol. The van der Waals surface area contributed by atoms with Gasteiger partial charge in [0.15, 0.2) is 5.96 Å². The average molecular weight is 337 g/mol. The molecule has 3 rings (SSSR count). The lowest BCUT2D eigenvalue weighted by Gasteiger charge is -2.33. The van der Waals surface area contributed by atoms with Crippen molar-refractivity contribution in [3.8, 4) is 0 Å². The Balaban J connectivity index is 1.51. The molecule has 0 unspecified atom stereocenters. The molecule has 2 saturated heterocycles. The summed E-state index contributed by atoms with van der Waals surface area (Å²) in [6, 6.07) is 0.792. The first-order valence-corrected chi connectivity index (χ1v) is 10.0. The molecule has 5 nitrogen and oxygen atoms in total. The Labute approximate surface area is 147 Å². The lowest BCUT2D eigenvalue weighted by molar-refractivity contribution is 0.0217. The third kappa shape index (κ3) is 4.42. The van der Waals surface area contributed by atoms with Crippen LogP contribution < -0.4 is 5.32 Å². The summed E-state index contributed by atoms with van der Waals surface area (Å²) in [6.07, 6.45) is 9.28. The van der Waals surface area contributed by atoms with Crippen LogP contribution in [0.2, 0.25) is 0 Å². The summed E-state index contributed by atoms with van der Waals surface area (Å²) in [5, 5.41) is 3.52. The second-order valence-corrected chi connectivity index (χ2v) is 7.94. The van der Waals surface area contributed by atoms with Gasteiger partial charge in [0.05, 0.1) is 6.54 Å². The van der Waals surface area contributed by atoms with Crippen molar-refractivity contribution < 1.29 is 4.74 Å². The number of nitrogens with one attached hydrogen (secondary N) is 1. The fraction of sp³-hybridized carbons (Fsp3) is 0.947. The van der Waals surface area contributed by atoms with Crippen molar-refractivity contribution in [3.05, 3.63) is 0 Å². The zero-order valence-corrected chi connectivity index (χ0v) is 15.7. The van der Waals surface area contributed by atoms with E-state index >= 15 is 0 Å². The molecule has 0 aromatic carbocycles. The van der Waals surface area contributed by atoms with Crippen LogP contribution in [0.3, 0.4) is 0 Å². The monoisotopic (exact) mass is 336 g/mol. The first kappa shape index (κ1) is 18.0. The van der Waals surface area contributed by atoms with Crippen molar-refractivity contribution >= 4 is 5.96 Å². The van der Waals surface area contributed by atoms with Gasteiger partial charge >= 0.3 is 0 Å². The van der Waals surface area contributed by atoms with Crippen LogP contribution in [0.5, 0.6) is 0 Å². The summed E-state index contributed by atoms with van der Waals surface area (Å²) in [4.78, 5) is 9.95. The molecule has 0 bridgehead atoms. The standard InChI is InChI=1S/C19H36N4O/c1-3-20-18(21-11-13-22(2)17-6-4-5-7-17)23-12-8-19(16-23)9-14-24-15-10-19/h17H,3-16H2,1-2H3,(H,20,21). The number of rotatable bonds is 5. The first-order chi connectivity index (χ1) is 11.7. The molecule has 2 heterocycles. The molecule has 1 aliphatic carbocycles. The van der Waals surface area contributed by atoms with Gasteiger partial charge in [0, 0.05) is 45.4 Å². The van der Waals surface area contributed by atoms with E-state index < -0.39 is 0 Å². The van der Waals surface area contributed by atoms with Gasteiger partial charge < -0.3 is 19.9 Å². The summed E-state index contributed by atoms with van der Waals surface area (Å²) >= 11 is 0. The summed E-state index contributed by atoms with van der Waals surface area (Å²) in [7, 11) is 2.27. The summed E-state index contributed by atoms with van der Waals surface area (Å²) in [5.41, 5.74) is 0.481. The maximum absolute atomic E-state index is 5.57. The molecule has 0 radical (unpaired) electrons. The van der Waals surface area contributed by atoms with Crippen molar-refractivity contribution in [1.29, 1.82) is 0 Å². The van der Waals surface area contributed by atoms with Crippen LogP contribution in [-0.4, -0.2) is 74.8 Å². The van der Waals surface area contributed by atoms with Gasteiger partial charge in [-0.1, -0.05) is 12.8 Å². The van der Waals surface area contributed by atoms with Crippen LogP contribution in [0.25, 0.3) is 0 Å². The molecule has 0 amide bonds. The highest BCUT2D eigenvalue weighted by molar-refractivity contribution is 5.80. The summed E-state index contributed by atoms with van der Waals surface area (Å²) < 4.78 is 5.57. The fourth-order valence-electron chi connectivity index (χ4n) is 4.60. The van der Waals surface area contributed by atoms with Crippen molar-refractivity contribution in [3.63, 3.8) is 0 Å². The molecule has 24 heavy (non-hydrogen) atoms. The quantitative estimate of drug-likeness (QED) is 0.618. The highest BCUT2D eigenvalue weighted by Crippen LogP contribution is 2.39. The van der Waals surface area contributed by atoms with Crippen molar-refractivity contribution in [2.24, 2.45) is 10.4 Å². The molecule has 2 aliphatic heterocycles. The van der Waals surface area contributed by atoms with Gasteiger partial charge in [-0.2, -0.15) is 0 Å². The van der Waals surface area contributed by atoms with E-state index in [9.17, 15) is 0 Å². The Hall–Kier alpha value is -0.810. The van der Waals surface area contributed by atoms with Crippen molar-refractivity contribution in [2.45, 2.75) is 57.9 Å².